The summed E-state index contributed by atoms with van der Waals surface area (Å²) in [5, 5.41) is 10.9. The molecule has 1 aromatic rings. The Balaban J connectivity index is 2.75. The molecule has 0 amide bonds. The molecule has 106 valence electrons. The van der Waals surface area contributed by atoms with Gasteiger partial charge >= 0.3 is 5.69 Å². The van der Waals surface area contributed by atoms with Crippen molar-refractivity contribution in [2.45, 2.75) is 19.8 Å². The standard InChI is InChI=1S/C12H15BrFNO3S/c1-8(3-5-19)2-4-18-12-10(13)6-9(14)7-11(12)15(16)17/h6-8,19H,2-5H2,1H3. The van der Waals surface area contributed by atoms with Gasteiger partial charge in [-0.2, -0.15) is 12.6 Å². The highest BCUT2D eigenvalue weighted by Crippen LogP contribution is 2.36. The third kappa shape index (κ3) is 4.99. The van der Waals surface area contributed by atoms with Crippen LogP contribution in [0.3, 0.4) is 0 Å². The maximum absolute atomic E-state index is 13.1. The van der Waals surface area contributed by atoms with Crippen LogP contribution in [0, 0.1) is 21.8 Å². The zero-order valence-electron chi connectivity index (χ0n) is 10.4. The van der Waals surface area contributed by atoms with E-state index in [4.69, 9.17) is 4.74 Å². The van der Waals surface area contributed by atoms with E-state index in [-0.39, 0.29) is 15.9 Å². The van der Waals surface area contributed by atoms with Crippen LogP contribution in [0.4, 0.5) is 10.1 Å². The molecular weight excluding hydrogens is 337 g/mol. The molecule has 0 saturated heterocycles. The largest absolute Gasteiger partial charge is 0.486 e. The first-order valence-electron chi connectivity index (χ1n) is 5.82. The lowest BCUT2D eigenvalue weighted by Gasteiger charge is -2.12. The van der Waals surface area contributed by atoms with Crippen LogP contribution >= 0.6 is 28.6 Å². The molecule has 0 aromatic heterocycles. The molecular formula is C12H15BrFNO3S. The summed E-state index contributed by atoms with van der Waals surface area (Å²) >= 11 is 7.23. The molecule has 0 aliphatic heterocycles. The quantitative estimate of drug-likeness (QED) is 0.454. The first-order valence-corrected chi connectivity index (χ1v) is 7.25. The first-order chi connectivity index (χ1) is 8.95. The number of nitro groups is 1. The fourth-order valence-corrected chi connectivity index (χ4v) is 2.53. The van der Waals surface area contributed by atoms with Crippen molar-refractivity contribution in [3.8, 4) is 5.75 Å². The van der Waals surface area contributed by atoms with Gasteiger partial charge in [-0.3, -0.25) is 10.1 Å². The lowest BCUT2D eigenvalue weighted by molar-refractivity contribution is -0.386. The van der Waals surface area contributed by atoms with Gasteiger partial charge in [-0.1, -0.05) is 6.92 Å². The highest BCUT2D eigenvalue weighted by Gasteiger charge is 2.20. The Morgan fingerprint density at radius 3 is 2.79 bits per heavy atom. The number of hydrogen-bond acceptors (Lipinski definition) is 4. The highest BCUT2D eigenvalue weighted by atomic mass is 79.9. The van der Waals surface area contributed by atoms with E-state index in [1.165, 1.54) is 0 Å². The number of nitro benzene ring substituents is 1. The fraction of sp³-hybridized carbons (Fsp3) is 0.500. The van der Waals surface area contributed by atoms with Crippen molar-refractivity contribution in [1.82, 2.24) is 0 Å². The lowest BCUT2D eigenvalue weighted by atomic mass is 10.1. The third-order valence-corrected chi connectivity index (χ3v) is 3.51. The second kappa shape index (κ2) is 7.69. The van der Waals surface area contributed by atoms with Crippen LogP contribution in [0.1, 0.15) is 19.8 Å². The minimum absolute atomic E-state index is 0.0736. The van der Waals surface area contributed by atoms with Gasteiger partial charge in [0.1, 0.15) is 5.82 Å². The van der Waals surface area contributed by atoms with Crippen molar-refractivity contribution in [1.29, 1.82) is 0 Å². The van der Waals surface area contributed by atoms with E-state index in [0.717, 1.165) is 30.7 Å². The van der Waals surface area contributed by atoms with E-state index in [0.29, 0.717) is 12.5 Å². The van der Waals surface area contributed by atoms with Gasteiger partial charge in [0.15, 0.2) is 0 Å². The van der Waals surface area contributed by atoms with Gasteiger partial charge in [0.2, 0.25) is 5.75 Å². The van der Waals surface area contributed by atoms with Crippen molar-refractivity contribution in [2.24, 2.45) is 5.92 Å². The van der Waals surface area contributed by atoms with Gasteiger partial charge in [0.05, 0.1) is 22.1 Å². The molecule has 0 fully saturated rings. The van der Waals surface area contributed by atoms with Crippen LogP contribution in [0.2, 0.25) is 0 Å². The summed E-state index contributed by atoms with van der Waals surface area (Å²) in [6, 6.07) is 2.01. The number of hydrogen-bond donors (Lipinski definition) is 1. The summed E-state index contributed by atoms with van der Waals surface area (Å²) in [7, 11) is 0. The molecule has 0 aliphatic rings. The van der Waals surface area contributed by atoms with Gasteiger partial charge in [-0.05, 0) is 46.5 Å². The van der Waals surface area contributed by atoms with Crippen molar-refractivity contribution in [3.63, 3.8) is 0 Å². The van der Waals surface area contributed by atoms with Crippen LogP contribution < -0.4 is 4.74 Å². The number of thiol groups is 1. The average Bonchev–Trinajstić information content (AvgIpc) is 2.31. The summed E-state index contributed by atoms with van der Waals surface area (Å²) in [6.45, 7) is 2.41. The Kier molecular flexibility index (Phi) is 6.57. The number of nitrogens with zero attached hydrogens (tertiary/aromatic N) is 1. The Morgan fingerprint density at radius 2 is 2.21 bits per heavy atom. The van der Waals surface area contributed by atoms with Crippen LogP contribution in [0.5, 0.6) is 5.75 Å². The first kappa shape index (κ1) is 16.2. The predicted octanol–water partition coefficient (Wildman–Crippen LogP) is 4.22. The van der Waals surface area contributed by atoms with Crippen LogP contribution in [0.15, 0.2) is 16.6 Å². The molecule has 1 aromatic carbocycles. The molecule has 4 nitrogen and oxygen atoms in total. The zero-order chi connectivity index (χ0) is 14.4. The molecule has 7 heteroatoms. The molecule has 1 unspecified atom stereocenters. The Bertz CT molecular complexity index is 459. The molecule has 0 heterocycles. The SMILES string of the molecule is CC(CCS)CCOc1c(Br)cc(F)cc1[N+](=O)[O-]. The van der Waals surface area contributed by atoms with E-state index >= 15 is 0 Å². The number of rotatable bonds is 7. The Hall–Kier alpha value is -0.820. The van der Waals surface area contributed by atoms with Gasteiger partial charge in [-0.15, -0.1) is 0 Å². The minimum Gasteiger partial charge on any atom is -0.486 e. The van der Waals surface area contributed by atoms with Crippen LogP contribution in [0.25, 0.3) is 0 Å². The Labute approximate surface area is 125 Å². The van der Waals surface area contributed by atoms with Gasteiger partial charge in [0, 0.05) is 0 Å². The molecule has 0 bridgehead atoms. The Morgan fingerprint density at radius 1 is 1.53 bits per heavy atom. The normalized spacial score (nSPS) is 12.2. The maximum atomic E-state index is 13.1. The number of ether oxygens (including phenoxy) is 1. The van der Waals surface area contributed by atoms with Gasteiger partial charge in [0.25, 0.3) is 0 Å². The van der Waals surface area contributed by atoms with Gasteiger partial charge < -0.3 is 4.74 Å². The molecule has 0 radical (unpaired) electrons. The van der Waals surface area contributed by atoms with E-state index in [9.17, 15) is 14.5 Å². The van der Waals surface area contributed by atoms with Crippen LogP contribution in [-0.2, 0) is 0 Å². The van der Waals surface area contributed by atoms with E-state index < -0.39 is 10.7 Å². The summed E-state index contributed by atoms with van der Waals surface area (Å²) < 4.78 is 18.8. The average molecular weight is 352 g/mol. The summed E-state index contributed by atoms with van der Waals surface area (Å²) in [4.78, 5) is 10.2. The molecule has 0 saturated carbocycles. The number of halogens is 2. The maximum Gasteiger partial charge on any atom is 0.315 e. The van der Waals surface area contributed by atoms with Crippen molar-refractivity contribution in [3.05, 3.63) is 32.5 Å². The van der Waals surface area contributed by atoms with E-state index in [2.05, 4.69) is 35.5 Å². The van der Waals surface area contributed by atoms with Crippen molar-refractivity contribution in [2.75, 3.05) is 12.4 Å². The van der Waals surface area contributed by atoms with Gasteiger partial charge in [-0.25, -0.2) is 4.39 Å². The van der Waals surface area contributed by atoms with E-state index in [1.54, 1.807) is 0 Å². The molecule has 19 heavy (non-hydrogen) atoms. The molecule has 0 aliphatic carbocycles. The predicted molar refractivity (Wildman–Crippen MR) is 78.5 cm³/mol. The zero-order valence-corrected chi connectivity index (χ0v) is 12.9. The summed E-state index contributed by atoms with van der Waals surface area (Å²) in [5.41, 5.74) is -0.367. The number of benzene rings is 1. The molecule has 1 rings (SSSR count). The van der Waals surface area contributed by atoms with Crippen molar-refractivity contribution >= 4 is 34.2 Å². The smallest absolute Gasteiger partial charge is 0.315 e. The topological polar surface area (TPSA) is 52.4 Å². The summed E-state index contributed by atoms with van der Waals surface area (Å²) in [6.07, 6.45) is 1.72. The second-order valence-corrected chi connectivity index (χ2v) is 5.55. The highest BCUT2D eigenvalue weighted by molar-refractivity contribution is 9.10. The molecule has 0 N–H and O–H groups in total. The van der Waals surface area contributed by atoms with E-state index in [1.807, 2.05) is 0 Å². The second-order valence-electron chi connectivity index (χ2n) is 4.25. The third-order valence-electron chi connectivity index (χ3n) is 2.66. The fourth-order valence-electron chi connectivity index (χ4n) is 1.55. The van der Waals surface area contributed by atoms with Crippen molar-refractivity contribution < 1.29 is 14.1 Å². The monoisotopic (exact) mass is 351 g/mol. The van der Waals surface area contributed by atoms with Crippen LogP contribution in [-0.4, -0.2) is 17.3 Å². The molecule has 0 spiro atoms. The minimum atomic E-state index is -0.672. The lowest BCUT2D eigenvalue weighted by Crippen LogP contribution is -2.06. The summed E-state index contributed by atoms with van der Waals surface area (Å²) in [5.74, 6) is 0.622. The molecule has 1 atom stereocenters.